The molecule has 0 aromatic carbocycles. The highest BCUT2D eigenvalue weighted by Gasteiger charge is 2.00. The van der Waals surface area contributed by atoms with Crippen molar-refractivity contribution in [2.45, 2.75) is 13.3 Å². The number of nitrogen functional groups attached to an aromatic ring is 1. The van der Waals surface area contributed by atoms with Crippen molar-refractivity contribution in [3.8, 4) is 0 Å². The van der Waals surface area contributed by atoms with Gasteiger partial charge in [-0.25, -0.2) is 0 Å². The molecular weight excluding hydrogens is 222 g/mol. The van der Waals surface area contributed by atoms with Crippen LogP contribution in [0.15, 0.2) is 6.07 Å². The molecule has 4 N–H and O–H groups in total. The van der Waals surface area contributed by atoms with Gasteiger partial charge in [0.15, 0.2) is 0 Å². The molecule has 16 heavy (non-hydrogen) atoms. The molecular formula is C10H19N5S. The zero-order chi connectivity index (χ0) is 11.8. The predicted octanol–water partition coefficient (Wildman–Crippen LogP) is 1.66. The molecule has 0 bridgehead atoms. The van der Waals surface area contributed by atoms with Gasteiger partial charge in [-0.1, -0.05) is 0 Å². The van der Waals surface area contributed by atoms with Gasteiger partial charge in [0.2, 0.25) is 5.95 Å². The van der Waals surface area contributed by atoms with Gasteiger partial charge in [-0.3, -0.25) is 0 Å². The number of nitrogens with zero attached hydrogens (tertiary/aromatic N) is 2. The number of rotatable bonds is 7. The lowest BCUT2D eigenvalue weighted by Gasteiger charge is -2.08. The molecule has 0 aliphatic heterocycles. The SMILES string of the molecule is CCNc1cc(NCCCSC)nc(N)n1. The second kappa shape index (κ2) is 7.16. The summed E-state index contributed by atoms with van der Waals surface area (Å²) in [5, 5.41) is 6.35. The summed E-state index contributed by atoms with van der Waals surface area (Å²) in [7, 11) is 0. The molecule has 90 valence electrons. The average molecular weight is 241 g/mol. The summed E-state index contributed by atoms with van der Waals surface area (Å²) >= 11 is 1.84. The van der Waals surface area contributed by atoms with Crippen LogP contribution in [0.2, 0.25) is 0 Å². The van der Waals surface area contributed by atoms with Crippen LogP contribution < -0.4 is 16.4 Å². The maximum Gasteiger partial charge on any atom is 0.223 e. The van der Waals surface area contributed by atoms with E-state index in [1.54, 1.807) is 0 Å². The van der Waals surface area contributed by atoms with E-state index in [1.165, 1.54) is 0 Å². The first kappa shape index (κ1) is 12.9. The third kappa shape index (κ3) is 4.57. The van der Waals surface area contributed by atoms with Crippen molar-refractivity contribution in [3.05, 3.63) is 6.07 Å². The van der Waals surface area contributed by atoms with E-state index in [0.717, 1.165) is 36.9 Å². The highest BCUT2D eigenvalue weighted by molar-refractivity contribution is 7.98. The number of nitrogens with two attached hydrogens (primary N) is 1. The molecule has 1 heterocycles. The van der Waals surface area contributed by atoms with Crippen molar-refractivity contribution < 1.29 is 0 Å². The number of thioether (sulfide) groups is 1. The molecule has 0 radical (unpaired) electrons. The molecule has 0 amide bonds. The highest BCUT2D eigenvalue weighted by atomic mass is 32.2. The van der Waals surface area contributed by atoms with E-state index in [0.29, 0.717) is 5.95 Å². The summed E-state index contributed by atoms with van der Waals surface area (Å²) in [4.78, 5) is 8.20. The predicted molar refractivity (Wildman–Crippen MR) is 72.1 cm³/mol. The van der Waals surface area contributed by atoms with Gasteiger partial charge in [-0.05, 0) is 25.4 Å². The largest absolute Gasteiger partial charge is 0.370 e. The zero-order valence-corrected chi connectivity index (χ0v) is 10.6. The fourth-order valence-corrected chi connectivity index (χ4v) is 1.69. The van der Waals surface area contributed by atoms with Crippen molar-refractivity contribution in [2.24, 2.45) is 0 Å². The second-order valence-corrected chi connectivity index (χ2v) is 4.29. The van der Waals surface area contributed by atoms with Gasteiger partial charge >= 0.3 is 0 Å². The van der Waals surface area contributed by atoms with Crippen LogP contribution in [-0.4, -0.2) is 35.1 Å². The van der Waals surface area contributed by atoms with Crippen LogP contribution in [0, 0.1) is 0 Å². The van der Waals surface area contributed by atoms with Crippen molar-refractivity contribution >= 4 is 29.3 Å². The molecule has 0 unspecified atom stereocenters. The Morgan fingerprint density at radius 1 is 1.31 bits per heavy atom. The molecule has 5 nitrogen and oxygen atoms in total. The lowest BCUT2D eigenvalue weighted by atomic mass is 10.4. The topological polar surface area (TPSA) is 75.9 Å². The van der Waals surface area contributed by atoms with Crippen LogP contribution in [0.25, 0.3) is 0 Å². The van der Waals surface area contributed by atoms with Crippen molar-refractivity contribution in [1.82, 2.24) is 9.97 Å². The minimum Gasteiger partial charge on any atom is -0.370 e. The molecule has 0 spiro atoms. The fourth-order valence-electron chi connectivity index (χ4n) is 1.26. The van der Waals surface area contributed by atoms with E-state index in [2.05, 4.69) is 26.9 Å². The Bertz CT molecular complexity index is 318. The van der Waals surface area contributed by atoms with Gasteiger partial charge in [-0.15, -0.1) is 0 Å². The number of anilines is 3. The van der Waals surface area contributed by atoms with E-state index in [9.17, 15) is 0 Å². The molecule has 0 saturated heterocycles. The van der Waals surface area contributed by atoms with Gasteiger partial charge in [0.05, 0.1) is 0 Å². The molecule has 1 aromatic rings. The highest BCUT2D eigenvalue weighted by Crippen LogP contribution is 2.12. The van der Waals surface area contributed by atoms with E-state index >= 15 is 0 Å². The van der Waals surface area contributed by atoms with Gasteiger partial charge < -0.3 is 16.4 Å². The van der Waals surface area contributed by atoms with Crippen molar-refractivity contribution in [1.29, 1.82) is 0 Å². The number of nitrogens with one attached hydrogen (secondary N) is 2. The molecule has 0 saturated carbocycles. The van der Waals surface area contributed by atoms with Crippen LogP contribution in [0.4, 0.5) is 17.6 Å². The van der Waals surface area contributed by atoms with Crippen LogP contribution in [0.1, 0.15) is 13.3 Å². The maximum atomic E-state index is 5.61. The van der Waals surface area contributed by atoms with Crippen LogP contribution in [0.3, 0.4) is 0 Å². The van der Waals surface area contributed by atoms with Crippen LogP contribution >= 0.6 is 11.8 Å². The standard InChI is InChI=1S/C10H19N5S/c1-3-12-8-7-9(15-10(11)14-8)13-5-4-6-16-2/h7H,3-6H2,1-2H3,(H4,11,12,13,14,15). The second-order valence-electron chi connectivity index (χ2n) is 3.30. The van der Waals surface area contributed by atoms with Gasteiger partial charge in [0.25, 0.3) is 0 Å². The van der Waals surface area contributed by atoms with E-state index in [1.807, 2.05) is 24.8 Å². The maximum absolute atomic E-state index is 5.61. The smallest absolute Gasteiger partial charge is 0.223 e. The van der Waals surface area contributed by atoms with E-state index < -0.39 is 0 Å². The summed E-state index contributed by atoms with van der Waals surface area (Å²) in [5.74, 6) is 2.99. The van der Waals surface area contributed by atoms with Gasteiger partial charge in [0, 0.05) is 19.2 Å². The molecule has 1 rings (SSSR count). The Kier molecular flexibility index (Phi) is 5.77. The normalized spacial score (nSPS) is 10.1. The first-order valence-corrected chi connectivity index (χ1v) is 6.77. The third-order valence-electron chi connectivity index (χ3n) is 1.93. The minimum absolute atomic E-state index is 0.297. The molecule has 1 aromatic heterocycles. The van der Waals surface area contributed by atoms with E-state index in [-0.39, 0.29) is 0 Å². The summed E-state index contributed by atoms with van der Waals surface area (Å²) in [6.45, 7) is 3.75. The van der Waals surface area contributed by atoms with Crippen LogP contribution in [-0.2, 0) is 0 Å². The number of hydrogen-bond acceptors (Lipinski definition) is 6. The summed E-state index contributed by atoms with van der Waals surface area (Å²) in [5.41, 5.74) is 5.61. The molecule has 0 fully saturated rings. The number of hydrogen-bond donors (Lipinski definition) is 3. The first-order chi connectivity index (χ1) is 7.76. The molecule has 0 aliphatic rings. The van der Waals surface area contributed by atoms with Crippen molar-refractivity contribution in [2.75, 3.05) is 41.5 Å². The lowest BCUT2D eigenvalue weighted by Crippen LogP contribution is -2.09. The fraction of sp³-hybridized carbons (Fsp3) is 0.600. The Labute approximate surface area is 101 Å². The monoisotopic (exact) mass is 241 g/mol. The molecule has 0 atom stereocenters. The summed E-state index contributed by atoms with van der Waals surface area (Å²) in [6.07, 6.45) is 3.22. The zero-order valence-electron chi connectivity index (χ0n) is 9.79. The van der Waals surface area contributed by atoms with Crippen LogP contribution in [0.5, 0.6) is 0 Å². The number of aromatic nitrogens is 2. The Morgan fingerprint density at radius 2 is 2.00 bits per heavy atom. The first-order valence-electron chi connectivity index (χ1n) is 5.37. The summed E-state index contributed by atoms with van der Waals surface area (Å²) in [6, 6.07) is 1.87. The Balaban J connectivity index is 2.51. The van der Waals surface area contributed by atoms with Gasteiger partial charge in [-0.2, -0.15) is 21.7 Å². The molecule has 6 heteroatoms. The molecule has 0 aliphatic carbocycles. The van der Waals surface area contributed by atoms with Crippen molar-refractivity contribution in [3.63, 3.8) is 0 Å². The van der Waals surface area contributed by atoms with Gasteiger partial charge in [0.1, 0.15) is 11.6 Å². The average Bonchev–Trinajstić information content (AvgIpc) is 2.24. The quantitative estimate of drug-likeness (QED) is 0.630. The lowest BCUT2D eigenvalue weighted by molar-refractivity contribution is 0.977. The Hall–Kier alpha value is -1.17. The Morgan fingerprint density at radius 3 is 2.62 bits per heavy atom. The van der Waals surface area contributed by atoms with E-state index in [4.69, 9.17) is 5.73 Å². The minimum atomic E-state index is 0.297. The summed E-state index contributed by atoms with van der Waals surface area (Å²) < 4.78 is 0. The third-order valence-corrected chi connectivity index (χ3v) is 2.63.